The fourth-order valence-corrected chi connectivity index (χ4v) is 2.03. The van der Waals surface area contributed by atoms with Gasteiger partial charge in [-0.3, -0.25) is 4.90 Å². The molecule has 1 aromatic carbocycles. The third-order valence-corrected chi connectivity index (χ3v) is 2.91. The van der Waals surface area contributed by atoms with Crippen LogP contribution in [-0.2, 0) is 6.54 Å². The van der Waals surface area contributed by atoms with Crippen molar-refractivity contribution >= 4 is 5.71 Å². The first-order valence-corrected chi connectivity index (χ1v) is 5.27. The van der Waals surface area contributed by atoms with E-state index in [9.17, 15) is 0 Å². The van der Waals surface area contributed by atoms with E-state index in [1.54, 1.807) is 0 Å². The van der Waals surface area contributed by atoms with Crippen LogP contribution in [0.15, 0.2) is 35.5 Å². The van der Waals surface area contributed by atoms with Gasteiger partial charge >= 0.3 is 0 Å². The molecule has 1 fully saturated rings. The average molecular weight is 204 g/mol. The van der Waals surface area contributed by atoms with E-state index >= 15 is 0 Å². The molecule has 0 radical (unpaired) electrons. The van der Waals surface area contributed by atoms with Crippen LogP contribution in [-0.4, -0.2) is 28.4 Å². The van der Waals surface area contributed by atoms with Crippen LogP contribution in [0.2, 0.25) is 0 Å². The van der Waals surface area contributed by atoms with Crippen molar-refractivity contribution in [2.24, 2.45) is 5.16 Å². The highest BCUT2D eigenvalue weighted by Gasteiger charge is 2.25. The summed E-state index contributed by atoms with van der Waals surface area (Å²) in [6.45, 7) is 3.88. The van der Waals surface area contributed by atoms with E-state index < -0.39 is 0 Å². The Morgan fingerprint density at radius 2 is 2.13 bits per heavy atom. The van der Waals surface area contributed by atoms with Crippen LogP contribution < -0.4 is 0 Å². The fraction of sp³-hybridized carbons (Fsp3) is 0.417. The van der Waals surface area contributed by atoms with E-state index in [0.29, 0.717) is 6.04 Å². The molecule has 15 heavy (non-hydrogen) atoms. The molecule has 2 rings (SSSR count). The lowest BCUT2D eigenvalue weighted by Crippen LogP contribution is -2.26. The molecule has 1 atom stereocenters. The van der Waals surface area contributed by atoms with Gasteiger partial charge in [-0.1, -0.05) is 35.5 Å². The van der Waals surface area contributed by atoms with Crippen molar-refractivity contribution in [3.63, 3.8) is 0 Å². The second kappa shape index (κ2) is 4.45. The van der Waals surface area contributed by atoms with Crippen LogP contribution in [0.3, 0.4) is 0 Å². The molecule has 1 unspecified atom stereocenters. The third kappa shape index (κ3) is 2.36. The quantitative estimate of drug-likeness (QED) is 0.591. The van der Waals surface area contributed by atoms with Crippen molar-refractivity contribution in [2.45, 2.75) is 25.9 Å². The fourth-order valence-electron chi connectivity index (χ4n) is 2.03. The smallest absolute Gasteiger partial charge is 0.0726 e. The molecule has 1 aromatic rings. The monoisotopic (exact) mass is 204 g/mol. The molecular weight excluding hydrogens is 188 g/mol. The minimum atomic E-state index is 0.469. The zero-order chi connectivity index (χ0) is 10.7. The Bertz CT molecular complexity index is 348. The first-order chi connectivity index (χ1) is 7.29. The van der Waals surface area contributed by atoms with Gasteiger partial charge in [-0.15, -0.1) is 0 Å². The van der Waals surface area contributed by atoms with E-state index in [4.69, 9.17) is 5.21 Å². The lowest BCUT2D eigenvalue weighted by Gasteiger charge is -2.19. The topological polar surface area (TPSA) is 35.8 Å². The Kier molecular flexibility index (Phi) is 3.02. The van der Waals surface area contributed by atoms with E-state index in [1.165, 1.54) is 5.56 Å². The number of rotatable bonds is 2. The number of oxime groups is 1. The predicted octanol–water partition coefficient (Wildman–Crippen LogP) is 2.11. The second-order valence-corrected chi connectivity index (χ2v) is 4.11. The maximum Gasteiger partial charge on any atom is 0.0726 e. The van der Waals surface area contributed by atoms with Crippen LogP contribution in [0.5, 0.6) is 0 Å². The average Bonchev–Trinajstić information content (AvgIpc) is 2.61. The van der Waals surface area contributed by atoms with Crippen molar-refractivity contribution in [1.29, 1.82) is 0 Å². The molecule has 3 nitrogen and oxygen atoms in total. The minimum Gasteiger partial charge on any atom is -0.411 e. The van der Waals surface area contributed by atoms with E-state index in [2.05, 4.69) is 41.2 Å². The van der Waals surface area contributed by atoms with Gasteiger partial charge in [0.25, 0.3) is 0 Å². The number of likely N-dealkylation sites (tertiary alicyclic amines) is 1. The van der Waals surface area contributed by atoms with Crippen molar-refractivity contribution in [1.82, 2.24) is 4.90 Å². The summed E-state index contributed by atoms with van der Waals surface area (Å²) in [7, 11) is 0. The maximum absolute atomic E-state index is 8.73. The first-order valence-electron chi connectivity index (χ1n) is 5.27. The van der Waals surface area contributed by atoms with Crippen LogP contribution in [0.4, 0.5) is 0 Å². The summed E-state index contributed by atoms with van der Waals surface area (Å²) in [5.41, 5.74) is 2.20. The summed E-state index contributed by atoms with van der Waals surface area (Å²) in [5, 5.41) is 12.0. The zero-order valence-electron chi connectivity index (χ0n) is 8.93. The van der Waals surface area contributed by atoms with Crippen LogP contribution in [0, 0.1) is 0 Å². The standard InChI is InChI=1S/C12H16N2O/c1-10-7-12(13-15)9-14(10)8-11-5-3-2-4-6-11/h2-6,10,15H,7-9H2,1H3. The van der Waals surface area contributed by atoms with Crippen molar-refractivity contribution in [3.8, 4) is 0 Å². The minimum absolute atomic E-state index is 0.469. The number of hydrogen-bond donors (Lipinski definition) is 1. The summed E-state index contributed by atoms with van der Waals surface area (Å²) in [5.74, 6) is 0. The first kappa shape index (κ1) is 10.2. The lowest BCUT2D eigenvalue weighted by molar-refractivity contribution is 0.263. The highest BCUT2D eigenvalue weighted by atomic mass is 16.4. The second-order valence-electron chi connectivity index (χ2n) is 4.11. The van der Waals surface area contributed by atoms with Crippen LogP contribution in [0.25, 0.3) is 0 Å². The lowest BCUT2D eigenvalue weighted by atomic mass is 10.2. The van der Waals surface area contributed by atoms with Crippen LogP contribution in [0.1, 0.15) is 18.9 Å². The van der Waals surface area contributed by atoms with Crippen molar-refractivity contribution in [3.05, 3.63) is 35.9 Å². The Hall–Kier alpha value is -1.35. The molecule has 0 aromatic heterocycles. The summed E-state index contributed by atoms with van der Waals surface area (Å²) >= 11 is 0. The molecule has 3 heteroatoms. The van der Waals surface area contributed by atoms with Gasteiger partial charge in [0, 0.05) is 25.6 Å². The molecule has 0 bridgehead atoms. The van der Waals surface area contributed by atoms with Gasteiger partial charge in [0.05, 0.1) is 5.71 Å². The number of benzene rings is 1. The summed E-state index contributed by atoms with van der Waals surface area (Å²) in [6.07, 6.45) is 0.878. The Labute approximate surface area is 90.0 Å². The third-order valence-electron chi connectivity index (χ3n) is 2.91. The SMILES string of the molecule is CC1CC(=NO)CN1Cc1ccccc1. The molecule has 0 aliphatic carbocycles. The van der Waals surface area contributed by atoms with Gasteiger partial charge in [-0.2, -0.15) is 0 Å². The van der Waals surface area contributed by atoms with Gasteiger partial charge in [0.1, 0.15) is 0 Å². The van der Waals surface area contributed by atoms with E-state index in [-0.39, 0.29) is 0 Å². The Morgan fingerprint density at radius 1 is 1.40 bits per heavy atom. The predicted molar refractivity (Wildman–Crippen MR) is 60.2 cm³/mol. The van der Waals surface area contributed by atoms with Gasteiger partial charge < -0.3 is 5.21 Å². The molecule has 0 saturated carbocycles. The van der Waals surface area contributed by atoms with Crippen molar-refractivity contribution in [2.75, 3.05) is 6.54 Å². The molecule has 1 N–H and O–H groups in total. The van der Waals surface area contributed by atoms with Gasteiger partial charge in [0.2, 0.25) is 0 Å². The molecule has 1 saturated heterocycles. The van der Waals surface area contributed by atoms with Crippen molar-refractivity contribution < 1.29 is 5.21 Å². The molecule has 1 heterocycles. The largest absolute Gasteiger partial charge is 0.411 e. The molecule has 1 aliphatic rings. The normalized spacial score (nSPS) is 24.9. The summed E-state index contributed by atoms with van der Waals surface area (Å²) in [4.78, 5) is 2.32. The van der Waals surface area contributed by atoms with E-state index in [0.717, 1.165) is 25.2 Å². The summed E-state index contributed by atoms with van der Waals surface area (Å²) in [6, 6.07) is 10.9. The molecular formula is C12H16N2O. The summed E-state index contributed by atoms with van der Waals surface area (Å²) < 4.78 is 0. The van der Waals surface area contributed by atoms with Gasteiger partial charge in [0.15, 0.2) is 0 Å². The number of nitrogens with zero attached hydrogens (tertiary/aromatic N) is 2. The number of hydrogen-bond acceptors (Lipinski definition) is 3. The Morgan fingerprint density at radius 3 is 2.73 bits per heavy atom. The molecule has 0 spiro atoms. The highest BCUT2D eigenvalue weighted by Crippen LogP contribution is 2.17. The van der Waals surface area contributed by atoms with Crippen LogP contribution >= 0.6 is 0 Å². The highest BCUT2D eigenvalue weighted by molar-refractivity contribution is 5.88. The molecule has 1 aliphatic heterocycles. The van der Waals surface area contributed by atoms with E-state index in [1.807, 2.05) is 6.07 Å². The zero-order valence-corrected chi connectivity index (χ0v) is 8.93. The van der Waals surface area contributed by atoms with Gasteiger partial charge in [-0.05, 0) is 12.5 Å². The molecule has 80 valence electrons. The Balaban J connectivity index is 2.02. The molecule has 0 amide bonds. The maximum atomic E-state index is 8.73. The van der Waals surface area contributed by atoms with Gasteiger partial charge in [-0.25, -0.2) is 0 Å².